The third-order valence-electron chi connectivity index (χ3n) is 2.37. The van der Waals surface area contributed by atoms with Crippen LogP contribution in [0.3, 0.4) is 0 Å². The Kier molecular flexibility index (Phi) is 4.77. The van der Waals surface area contributed by atoms with Crippen LogP contribution in [0.1, 0.15) is 24.2 Å². The molecule has 0 saturated carbocycles. The summed E-state index contributed by atoms with van der Waals surface area (Å²) in [5.41, 5.74) is 0.00378. The summed E-state index contributed by atoms with van der Waals surface area (Å²) in [6.07, 6.45) is -2.86. The molecule has 5 nitrogen and oxygen atoms in total. The van der Waals surface area contributed by atoms with E-state index in [1.807, 2.05) is 6.07 Å². The van der Waals surface area contributed by atoms with Crippen molar-refractivity contribution in [2.24, 2.45) is 0 Å². The zero-order chi connectivity index (χ0) is 13.7. The Labute approximate surface area is 103 Å². The van der Waals surface area contributed by atoms with E-state index in [0.717, 1.165) is 12.1 Å². The highest BCUT2D eigenvalue weighted by Crippen LogP contribution is 2.21. The minimum Gasteiger partial charge on any atom is -0.388 e. The summed E-state index contributed by atoms with van der Waals surface area (Å²) in [6.45, 7) is 1.06. The maximum atomic E-state index is 13.4. The second-order valence-electron chi connectivity index (χ2n) is 3.80. The van der Waals surface area contributed by atoms with Gasteiger partial charge < -0.3 is 15.5 Å². The van der Waals surface area contributed by atoms with E-state index in [2.05, 4.69) is 5.32 Å². The fourth-order valence-corrected chi connectivity index (χ4v) is 1.41. The van der Waals surface area contributed by atoms with Crippen LogP contribution in [0, 0.1) is 17.1 Å². The molecule has 0 saturated heterocycles. The van der Waals surface area contributed by atoms with Crippen molar-refractivity contribution in [1.29, 1.82) is 5.26 Å². The number of carbonyl (C=O) groups is 1. The van der Waals surface area contributed by atoms with Gasteiger partial charge in [-0.15, -0.1) is 0 Å². The molecule has 6 heteroatoms. The molecule has 1 aromatic rings. The topological polar surface area (TPSA) is 93.3 Å². The number of benzene rings is 1. The normalized spacial score (nSPS) is 13.5. The number of carbonyl (C=O) groups excluding carboxylic acids is 1. The van der Waals surface area contributed by atoms with Gasteiger partial charge in [-0.05, 0) is 18.2 Å². The average Bonchev–Trinajstić information content (AvgIpc) is 2.35. The van der Waals surface area contributed by atoms with Crippen LogP contribution in [0.5, 0.6) is 0 Å². The molecule has 1 aromatic carbocycles. The largest absolute Gasteiger partial charge is 0.388 e. The fraction of sp³-hybridized carbons (Fsp3) is 0.333. The van der Waals surface area contributed by atoms with Gasteiger partial charge in [-0.3, -0.25) is 4.79 Å². The second kappa shape index (κ2) is 6.10. The van der Waals surface area contributed by atoms with Gasteiger partial charge in [0.15, 0.2) is 0 Å². The predicted molar refractivity (Wildman–Crippen MR) is 60.8 cm³/mol. The molecule has 3 N–H and O–H groups in total. The van der Waals surface area contributed by atoms with Gasteiger partial charge in [0.25, 0.3) is 0 Å². The summed E-state index contributed by atoms with van der Waals surface area (Å²) in [7, 11) is 0. The van der Waals surface area contributed by atoms with Crippen LogP contribution < -0.4 is 5.32 Å². The van der Waals surface area contributed by atoms with Crippen LogP contribution in [0.15, 0.2) is 18.2 Å². The summed E-state index contributed by atoms with van der Waals surface area (Å²) in [5, 5.41) is 30.3. The molecule has 0 aliphatic carbocycles. The molecule has 0 spiro atoms. The number of nitriles is 1. The molecule has 0 heterocycles. The van der Waals surface area contributed by atoms with Gasteiger partial charge in [0.2, 0.25) is 5.91 Å². The summed E-state index contributed by atoms with van der Waals surface area (Å²) >= 11 is 0. The Morgan fingerprint density at radius 3 is 2.78 bits per heavy atom. The number of amides is 1. The first kappa shape index (κ1) is 14.1. The van der Waals surface area contributed by atoms with Crippen LogP contribution in [0.25, 0.3) is 0 Å². The number of halogens is 1. The molecule has 2 atom stereocenters. The van der Waals surface area contributed by atoms with Crippen molar-refractivity contribution in [2.75, 3.05) is 6.54 Å². The van der Waals surface area contributed by atoms with Crippen molar-refractivity contribution in [1.82, 2.24) is 5.32 Å². The Morgan fingerprint density at radius 1 is 1.56 bits per heavy atom. The predicted octanol–water partition coefficient (Wildman–Crippen LogP) is 0.228. The lowest BCUT2D eigenvalue weighted by molar-refractivity contribution is -0.119. The standard InChI is InChI=1S/C12H13FN2O3/c1-7(16)15-6-11(17)12(18)9-4-8(5-14)2-3-10(9)13/h2-4,11-12,17-18H,6H2,1H3,(H,15,16). The molecule has 1 amide bonds. The molecule has 0 aromatic heterocycles. The van der Waals surface area contributed by atoms with Gasteiger partial charge >= 0.3 is 0 Å². The summed E-state index contributed by atoms with van der Waals surface area (Å²) in [4.78, 5) is 10.7. The van der Waals surface area contributed by atoms with Crippen molar-refractivity contribution >= 4 is 5.91 Å². The van der Waals surface area contributed by atoms with E-state index >= 15 is 0 Å². The Morgan fingerprint density at radius 2 is 2.22 bits per heavy atom. The zero-order valence-corrected chi connectivity index (χ0v) is 9.72. The van der Waals surface area contributed by atoms with Crippen LogP contribution >= 0.6 is 0 Å². The maximum Gasteiger partial charge on any atom is 0.216 e. The molecule has 2 unspecified atom stereocenters. The van der Waals surface area contributed by atoms with Crippen molar-refractivity contribution in [2.45, 2.75) is 19.1 Å². The number of hydrogen-bond donors (Lipinski definition) is 3. The molecule has 0 aliphatic rings. The summed E-state index contributed by atoms with van der Waals surface area (Å²) in [5.74, 6) is -1.09. The molecule has 18 heavy (non-hydrogen) atoms. The molecule has 96 valence electrons. The lowest BCUT2D eigenvalue weighted by Gasteiger charge is -2.19. The lowest BCUT2D eigenvalue weighted by Crippen LogP contribution is -2.34. The van der Waals surface area contributed by atoms with Gasteiger partial charge in [0.1, 0.15) is 18.0 Å². The van der Waals surface area contributed by atoms with E-state index in [1.54, 1.807) is 0 Å². The summed E-state index contributed by atoms with van der Waals surface area (Å²) in [6, 6.07) is 5.29. The Balaban J connectivity index is 2.85. The molecular weight excluding hydrogens is 239 g/mol. The van der Waals surface area contributed by atoms with Crippen LogP contribution in [0.4, 0.5) is 4.39 Å². The van der Waals surface area contributed by atoms with E-state index in [0.29, 0.717) is 0 Å². The maximum absolute atomic E-state index is 13.4. The quantitative estimate of drug-likeness (QED) is 0.715. The van der Waals surface area contributed by atoms with E-state index in [1.165, 1.54) is 13.0 Å². The molecule has 0 radical (unpaired) electrons. The van der Waals surface area contributed by atoms with Crippen molar-refractivity contribution in [3.05, 3.63) is 35.1 Å². The van der Waals surface area contributed by atoms with Crippen molar-refractivity contribution in [3.8, 4) is 6.07 Å². The van der Waals surface area contributed by atoms with Crippen LogP contribution in [-0.2, 0) is 4.79 Å². The first-order chi connectivity index (χ1) is 8.45. The van der Waals surface area contributed by atoms with E-state index in [9.17, 15) is 19.4 Å². The summed E-state index contributed by atoms with van der Waals surface area (Å²) < 4.78 is 13.4. The number of nitrogens with zero attached hydrogens (tertiary/aromatic N) is 1. The number of aliphatic hydroxyl groups excluding tert-OH is 2. The minimum atomic E-state index is -1.51. The fourth-order valence-electron chi connectivity index (χ4n) is 1.41. The van der Waals surface area contributed by atoms with E-state index < -0.39 is 18.0 Å². The number of rotatable bonds is 4. The molecule has 0 aliphatic heterocycles. The van der Waals surface area contributed by atoms with E-state index in [-0.39, 0.29) is 23.6 Å². The Hall–Kier alpha value is -1.97. The zero-order valence-electron chi connectivity index (χ0n) is 9.72. The lowest BCUT2D eigenvalue weighted by atomic mass is 10.0. The molecule has 0 bridgehead atoms. The van der Waals surface area contributed by atoms with E-state index in [4.69, 9.17) is 5.26 Å². The van der Waals surface area contributed by atoms with Gasteiger partial charge in [0, 0.05) is 19.0 Å². The van der Waals surface area contributed by atoms with Crippen molar-refractivity contribution in [3.63, 3.8) is 0 Å². The minimum absolute atomic E-state index is 0.174. The van der Waals surface area contributed by atoms with Gasteiger partial charge in [0.05, 0.1) is 11.6 Å². The molecule has 0 fully saturated rings. The molecule has 1 rings (SSSR count). The Bertz CT molecular complexity index is 485. The first-order valence-electron chi connectivity index (χ1n) is 5.25. The number of nitrogens with one attached hydrogen (secondary N) is 1. The second-order valence-corrected chi connectivity index (χ2v) is 3.80. The monoisotopic (exact) mass is 252 g/mol. The SMILES string of the molecule is CC(=O)NCC(O)C(O)c1cc(C#N)ccc1F. The highest BCUT2D eigenvalue weighted by atomic mass is 19.1. The van der Waals surface area contributed by atoms with Gasteiger partial charge in [-0.2, -0.15) is 5.26 Å². The third-order valence-corrected chi connectivity index (χ3v) is 2.37. The smallest absolute Gasteiger partial charge is 0.216 e. The van der Waals surface area contributed by atoms with Gasteiger partial charge in [-0.1, -0.05) is 0 Å². The van der Waals surface area contributed by atoms with Gasteiger partial charge in [-0.25, -0.2) is 4.39 Å². The number of aliphatic hydroxyl groups is 2. The average molecular weight is 252 g/mol. The third kappa shape index (κ3) is 3.52. The highest BCUT2D eigenvalue weighted by Gasteiger charge is 2.22. The van der Waals surface area contributed by atoms with Crippen LogP contribution in [-0.4, -0.2) is 28.8 Å². The van der Waals surface area contributed by atoms with Crippen LogP contribution in [0.2, 0.25) is 0 Å². The first-order valence-corrected chi connectivity index (χ1v) is 5.25. The molecular formula is C12H13FN2O3. The number of hydrogen-bond acceptors (Lipinski definition) is 4. The highest BCUT2D eigenvalue weighted by molar-refractivity contribution is 5.72. The van der Waals surface area contributed by atoms with Crippen molar-refractivity contribution < 1.29 is 19.4 Å².